The van der Waals surface area contributed by atoms with Crippen LogP contribution in [-0.2, 0) is 16.6 Å². The molecule has 0 unspecified atom stereocenters. The first-order valence-corrected chi connectivity index (χ1v) is 9.72. The molecular weight excluding hydrogens is 326 g/mol. The second-order valence-electron chi connectivity index (χ2n) is 6.22. The molecule has 0 amide bonds. The van der Waals surface area contributed by atoms with E-state index in [1.807, 2.05) is 38.4 Å². The zero-order chi connectivity index (χ0) is 18.1. The summed E-state index contributed by atoms with van der Waals surface area (Å²) in [7, 11) is -3.56. The fourth-order valence-electron chi connectivity index (χ4n) is 3.07. The lowest BCUT2D eigenvalue weighted by molar-refractivity contribution is 0.446. The van der Waals surface area contributed by atoms with Crippen molar-refractivity contribution < 1.29 is 8.42 Å². The number of nitrogens with one attached hydrogen (secondary N) is 1. The zero-order valence-electron chi connectivity index (χ0n) is 15.3. The Bertz CT molecular complexity index is 820. The van der Waals surface area contributed by atoms with Crippen molar-refractivity contribution in [2.24, 2.45) is 0 Å². The number of hydrogen-bond acceptors (Lipinski definition) is 4. The molecule has 0 bridgehead atoms. The predicted molar refractivity (Wildman–Crippen MR) is 93.6 cm³/mol. The van der Waals surface area contributed by atoms with E-state index in [0.717, 1.165) is 11.4 Å². The molecule has 8 heteroatoms. The van der Waals surface area contributed by atoms with Crippen LogP contribution in [0, 0.1) is 27.7 Å². The monoisotopic (exact) mass is 353 g/mol. The van der Waals surface area contributed by atoms with Gasteiger partial charge in [-0.15, -0.1) is 0 Å². The van der Waals surface area contributed by atoms with Crippen LogP contribution in [0.4, 0.5) is 0 Å². The van der Waals surface area contributed by atoms with Crippen molar-refractivity contribution in [2.45, 2.75) is 65.4 Å². The maximum Gasteiger partial charge on any atom is 0.244 e. The second-order valence-corrected chi connectivity index (χ2v) is 7.93. The van der Waals surface area contributed by atoms with Crippen molar-refractivity contribution >= 4 is 10.0 Å². The van der Waals surface area contributed by atoms with Crippen LogP contribution < -0.4 is 4.72 Å². The lowest BCUT2D eigenvalue weighted by Gasteiger charge is -2.15. The first-order valence-electron chi connectivity index (χ1n) is 8.23. The Balaban J connectivity index is 2.06. The normalized spacial score (nSPS) is 13.4. The molecule has 1 atom stereocenters. The highest BCUT2D eigenvalue weighted by Crippen LogP contribution is 2.20. The molecule has 2 aromatic heterocycles. The topological polar surface area (TPSA) is 81.8 Å². The predicted octanol–water partition coefficient (Wildman–Crippen LogP) is 2.26. The van der Waals surface area contributed by atoms with E-state index >= 15 is 0 Å². The Morgan fingerprint density at radius 3 is 2.38 bits per heavy atom. The first-order chi connectivity index (χ1) is 11.2. The Hall–Kier alpha value is -1.67. The van der Waals surface area contributed by atoms with Crippen LogP contribution in [0.1, 0.15) is 49.1 Å². The van der Waals surface area contributed by atoms with Crippen molar-refractivity contribution in [3.8, 4) is 0 Å². The van der Waals surface area contributed by atoms with Crippen molar-refractivity contribution in [3.05, 3.63) is 28.8 Å². The third-order valence-corrected chi connectivity index (χ3v) is 5.91. The van der Waals surface area contributed by atoms with Gasteiger partial charge in [0.15, 0.2) is 0 Å². The molecule has 1 N–H and O–H groups in total. The molecule has 0 aliphatic carbocycles. The van der Waals surface area contributed by atoms with Crippen LogP contribution in [0.25, 0.3) is 0 Å². The average molecular weight is 353 g/mol. The highest BCUT2D eigenvalue weighted by molar-refractivity contribution is 7.89. The third-order valence-electron chi connectivity index (χ3n) is 4.20. The maximum atomic E-state index is 12.6. The molecule has 0 spiro atoms. The largest absolute Gasteiger partial charge is 0.268 e. The van der Waals surface area contributed by atoms with Gasteiger partial charge in [0, 0.05) is 18.8 Å². The van der Waals surface area contributed by atoms with E-state index < -0.39 is 10.0 Å². The molecule has 7 nitrogen and oxygen atoms in total. The third kappa shape index (κ3) is 3.70. The minimum Gasteiger partial charge on any atom is -0.268 e. The van der Waals surface area contributed by atoms with Crippen LogP contribution >= 0.6 is 0 Å². The van der Waals surface area contributed by atoms with E-state index in [-0.39, 0.29) is 6.04 Å². The van der Waals surface area contributed by atoms with Crippen LogP contribution in [0.5, 0.6) is 0 Å². The van der Waals surface area contributed by atoms with Gasteiger partial charge in [0.1, 0.15) is 4.90 Å². The van der Waals surface area contributed by atoms with Gasteiger partial charge in [-0.3, -0.25) is 9.36 Å². The van der Waals surface area contributed by atoms with Gasteiger partial charge in [-0.25, -0.2) is 13.1 Å². The highest BCUT2D eigenvalue weighted by Gasteiger charge is 2.24. The second kappa shape index (κ2) is 7.06. The lowest BCUT2D eigenvalue weighted by atomic mass is 10.2. The standard InChI is InChI=1S/C16H27N5O2S/c1-7-20-15(6)16(14(5)19-20)24(22,23)17-9-8-12(3)21-13(4)10-11(2)18-21/h10,12,17H,7-9H2,1-6H3/t12-/m1/s1. The van der Waals surface area contributed by atoms with Gasteiger partial charge in [-0.05, 0) is 54.0 Å². The van der Waals surface area contributed by atoms with Crippen LogP contribution in [0.3, 0.4) is 0 Å². The molecule has 134 valence electrons. The van der Waals surface area contributed by atoms with E-state index in [1.165, 1.54) is 0 Å². The summed E-state index contributed by atoms with van der Waals surface area (Å²) in [5.41, 5.74) is 3.26. The summed E-state index contributed by atoms with van der Waals surface area (Å²) in [6.45, 7) is 12.5. The molecule has 2 aromatic rings. The zero-order valence-corrected chi connectivity index (χ0v) is 16.1. The van der Waals surface area contributed by atoms with Gasteiger partial charge in [-0.1, -0.05) is 0 Å². The van der Waals surface area contributed by atoms with E-state index in [0.29, 0.717) is 35.8 Å². The van der Waals surface area contributed by atoms with E-state index in [2.05, 4.69) is 14.9 Å². The number of aromatic nitrogens is 4. The summed E-state index contributed by atoms with van der Waals surface area (Å²) in [4.78, 5) is 0.295. The van der Waals surface area contributed by atoms with Crippen molar-refractivity contribution in [2.75, 3.05) is 6.54 Å². The first kappa shape index (κ1) is 18.7. The molecule has 0 aliphatic rings. The minimum absolute atomic E-state index is 0.127. The van der Waals surface area contributed by atoms with Gasteiger partial charge < -0.3 is 0 Å². The molecule has 2 rings (SSSR count). The van der Waals surface area contributed by atoms with Crippen LogP contribution in [-0.4, -0.2) is 34.5 Å². The SMILES string of the molecule is CCn1nc(C)c(S(=O)(=O)NCC[C@@H](C)n2nc(C)cc2C)c1C. The van der Waals surface area contributed by atoms with Gasteiger partial charge >= 0.3 is 0 Å². The summed E-state index contributed by atoms with van der Waals surface area (Å²) in [5.74, 6) is 0. The number of rotatable bonds is 7. The molecular formula is C16H27N5O2S. The minimum atomic E-state index is -3.56. The van der Waals surface area contributed by atoms with Crippen molar-refractivity contribution in [3.63, 3.8) is 0 Å². The molecule has 0 aliphatic heterocycles. The Morgan fingerprint density at radius 2 is 1.88 bits per heavy atom. The fourth-order valence-corrected chi connectivity index (χ4v) is 4.52. The van der Waals surface area contributed by atoms with Crippen molar-refractivity contribution in [1.82, 2.24) is 24.3 Å². The molecule has 2 heterocycles. The summed E-state index contributed by atoms with van der Waals surface area (Å²) in [6.07, 6.45) is 0.668. The molecule has 0 fully saturated rings. The summed E-state index contributed by atoms with van der Waals surface area (Å²) in [6, 6.07) is 2.15. The molecule has 24 heavy (non-hydrogen) atoms. The van der Waals surface area contributed by atoms with Crippen LogP contribution in [0.2, 0.25) is 0 Å². The number of aryl methyl sites for hydroxylation is 4. The Morgan fingerprint density at radius 1 is 1.21 bits per heavy atom. The van der Waals surface area contributed by atoms with E-state index in [9.17, 15) is 8.42 Å². The van der Waals surface area contributed by atoms with Gasteiger partial charge in [0.2, 0.25) is 10.0 Å². The molecule has 0 saturated heterocycles. The highest BCUT2D eigenvalue weighted by atomic mass is 32.2. The number of hydrogen-bond donors (Lipinski definition) is 1. The summed E-state index contributed by atoms with van der Waals surface area (Å²) in [5, 5.41) is 8.74. The van der Waals surface area contributed by atoms with Gasteiger partial charge in [-0.2, -0.15) is 10.2 Å². The maximum absolute atomic E-state index is 12.6. The van der Waals surface area contributed by atoms with E-state index in [4.69, 9.17) is 0 Å². The van der Waals surface area contributed by atoms with Gasteiger partial charge in [0.25, 0.3) is 0 Å². The van der Waals surface area contributed by atoms with Crippen molar-refractivity contribution in [1.29, 1.82) is 0 Å². The Kier molecular flexibility index (Phi) is 5.49. The molecule has 0 aromatic carbocycles. The summed E-state index contributed by atoms with van der Waals surface area (Å²) >= 11 is 0. The quantitative estimate of drug-likeness (QED) is 0.828. The van der Waals surface area contributed by atoms with Gasteiger partial charge in [0.05, 0.1) is 23.1 Å². The molecule has 0 saturated carbocycles. The fraction of sp³-hybridized carbons (Fsp3) is 0.625. The van der Waals surface area contributed by atoms with Crippen LogP contribution in [0.15, 0.2) is 11.0 Å². The lowest BCUT2D eigenvalue weighted by Crippen LogP contribution is -2.27. The number of nitrogens with zero attached hydrogens (tertiary/aromatic N) is 4. The molecule has 0 radical (unpaired) electrons. The summed E-state index contributed by atoms with van der Waals surface area (Å²) < 4.78 is 31.6. The van der Waals surface area contributed by atoms with E-state index in [1.54, 1.807) is 18.5 Å². The smallest absolute Gasteiger partial charge is 0.244 e. The average Bonchev–Trinajstić information content (AvgIpc) is 2.97. The Labute approximate surface area is 144 Å². The number of sulfonamides is 1.